The van der Waals surface area contributed by atoms with Crippen molar-refractivity contribution >= 4 is 0 Å². The smallest absolute Gasteiger partial charge is 0 e. The predicted octanol–water partition coefficient (Wildman–Crippen LogP) is 3.62. The summed E-state index contributed by atoms with van der Waals surface area (Å²) in [6.07, 6.45) is 2.03. The van der Waals surface area contributed by atoms with E-state index in [-0.39, 0.29) is 98.7 Å². The number of rotatable bonds is 4. The first-order chi connectivity index (χ1) is 6.63. The van der Waals surface area contributed by atoms with Crippen molar-refractivity contribution in [1.29, 1.82) is 0 Å². The van der Waals surface area contributed by atoms with E-state index >= 15 is 0 Å². The van der Waals surface area contributed by atoms with Crippen LogP contribution >= 0.6 is 0 Å². The van der Waals surface area contributed by atoms with Gasteiger partial charge in [0.05, 0.1) is 0 Å². The molecule has 0 N–H and O–H groups in total. The van der Waals surface area contributed by atoms with Gasteiger partial charge in [0.15, 0.2) is 0 Å². The summed E-state index contributed by atoms with van der Waals surface area (Å²) in [7, 11) is 0. The minimum absolute atomic E-state index is 0. The molecule has 1 unspecified atom stereocenters. The number of allylic oxidation sites excluding steroid dienone is 1. The van der Waals surface area contributed by atoms with Crippen LogP contribution in [0, 0.1) is 19.8 Å². The molecule has 1 atom stereocenters. The van der Waals surface area contributed by atoms with Gasteiger partial charge in [-0.2, -0.15) is 5.92 Å². The van der Waals surface area contributed by atoms with Gasteiger partial charge in [0, 0.05) is 92.8 Å². The fourth-order valence-electron chi connectivity index (χ4n) is 1.34. The SMILES string of the molecule is C=C([CH2-])C([CH2-])Cc1ccc(CC)cc1.[V].[V].[V].[V].[V]. The minimum Gasteiger partial charge on any atom is -0.339 e. The summed E-state index contributed by atoms with van der Waals surface area (Å²) in [5, 5.41) is 0. The van der Waals surface area contributed by atoms with Crippen LogP contribution in [-0.2, 0) is 106 Å². The quantitative estimate of drug-likeness (QED) is 0.627. The number of benzene rings is 1. The summed E-state index contributed by atoms with van der Waals surface area (Å²) in [4.78, 5) is 0. The summed E-state index contributed by atoms with van der Waals surface area (Å²) in [5.41, 5.74) is 3.60. The molecule has 0 heterocycles. The monoisotopic (exact) mass is 441 g/mol. The maximum absolute atomic E-state index is 4.01. The Balaban J connectivity index is -0.000000131. The number of hydrogen-bond acceptors (Lipinski definition) is 0. The van der Waals surface area contributed by atoms with E-state index in [1.54, 1.807) is 0 Å². The fraction of sp³-hybridized carbons (Fsp3) is 0.286. The molecule has 0 saturated carbocycles. The summed E-state index contributed by atoms with van der Waals surface area (Å²) in [6, 6.07) is 8.68. The second-order valence-corrected chi connectivity index (χ2v) is 3.73. The van der Waals surface area contributed by atoms with Crippen LogP contribution in [0.1, 0.15) is 18.1 Å². The molecule has 19 heavy (non-hydrogen) atoms. The second-order valence-electron chi connectivity index (χ2n) is 3.73. The molecule has 1 rings (SSSR count). The molecule has 0 aromatic heterocycles. The van der Waals surface area contributed by atoms with Crippen molar-refractivity contribution < 1.29 is 92.8 Å². The number of aryl methyl sites for hydroxylation is 1. The van der Waals surface area contributed by atoms with Gasteiger partial charge < -0.3 is 6.92 Å². The summed E-state index contributed by atoms with van der Waals surface area (Å²) in [6.45, 7) is 13.8. The van der Waals surface area contributed by atoms with Crippen molar-refractivity contribution in [3.63, 3.8) is 0 Å². The van der Waals surface area contributed by atoms with E-state index in [0.29, 0.717) is 0 Å². The van der Waals surface area contributed by atoms with Crippen LogP contribution in [-0.4, -0.2) is 0 Å². The first-order valence-corrected chi connectivity index (χ1v) is 5.05. The molecule has 101 valence electrons. The van der Waals surface area contributed by atoms with Crippen molar-refractivity contribution in [2.75, 3.05) is 0 Å². The third-order valence-electron chi connectivity index (χ3n) is 2.49. The van der Waals surface area contributed by atoms with Gasteiger partial charge in [-0.05, 0) is 12.0 Å². The molecule has 0 aliphatic rings. The molecule has 5 radical (unpaired) electrons. The average molecular weight is 441 g/mol. The maximum Gasteiger partial charge on any atom is 0 e. The molecular weight excluding hydrogens is 423 g/mol. The van der Waals surface area contributed by atoms with E-state index < -0.39 is 0 Å². The van der Waals surface area contributed by atoms with Gasteiger partial charge in [-0.15, -0.1) is 0 Å². The zero-order chi connectivity index (χ0) is 10.6. The molecule has 0 aliphatic heterocycles. The van der Waals surface area contributed by atoms with Crippen LogP contribution in [0.2, 0.25) is 0 Å². The standard InChI is InChI=1S/C14H18.5V/c1-5-13-6-8-14(9-7-13)10-12(4)11(2)3;;;;;/h6-9,12H,2-5,10H2,1H3;;;;;/q-2;;;;;. The Hall–Kier alpha value is 1.75. The Bertz CT molecular complexity index is 308. The molecular formula is C14H18V5-2. The summed E-state index contributed by atoms with van der Waals surface area (Å²) >= 11 is 0. The minimum atomic E-state index is 0. The summed E-state index contributed by atoms with van der Waals surface area (Å²) in [5.74, 6) is 0.225. The van der Waals surface area contributed by atoms with E-state index in [1.165, 1.54) is 11.1 Å². The first kappa shape index (κ1) is 32.6. The van der Waals surface area contributed by atoms with Crippen LogP contribution in [0.4, 0.5) is 0 Å². The van der Waals surface area contributed by atoms with Gasteiger partial charge in [-0.1, -0.05) is 43.2 Å². The second kappa shape index (κ2) is 17.8. The normalized spacial score (nSPS) is 9.16. The molecule has 1 aromatic rings. The predicted molar refractivity (Wildman–Crippen MR) is 62.9 cm³/mol. The van der Waals surface area contributed by atoms with Crippen LogP contribution in [0.3, 0.4) is 0 Å². The van der Waals surface area contributed by atoms with E-state index in [9.17, 15) is 0 Å². The van der Waals surface area contributed by atoms with Crippen LogP contribution in [0.15, 0.2) is 36.4 Å². The Morgan fingerprint density at radius 3 is 1.68 bits per heavy atom. The van der Waals surface area contributed by atoms with Gasteiger partial charge in [0.1, 0.15) is 0 Å². The van der Waals surface area contributed by atoms with Crippen LogP contribution in [0.25, 0.3) is 0 Å². The molecule has 1 aromatic carbocycles. The van der Waals surface area contributed by atoms with Crippen LogP contribution < -0.4 is 0 Å². The fourth-order valence-corrected chi connectivity index (χ4v) is 1.34. The van der Waals surface area contributed by atoms with Crippen molar-refractivity contribution in [3.05, 3.63) is 61.4 Å². The van der Waals surface area contributed by atoms with E-state index in [4.69, 9.17) is 0 Å². The summed E-state index contributed by atoms with van der Waals surface area (Å²) < 4.78 is 0. The molecule has 0 saturated heterocycles. The van der Waals surface area contributed by atoms with Crippen molar-refractivity contribution in [2.45, 2.75) is 19.8 Å². The molecule has 0 amide bonds. The molecule has 0 aliphatic carbocycles. The van der Waals surface area contributed by atoms with Gasteiger partial charge >= 0.3 is 0 Å². The van der Waals surface area contributed by atoms with Gasteiger partial charge in [0.2, 0.25) is 0 Å². The maximum atomic E-state index is 4.01. The average Bonchev–Trinajstić information content (AvgIpc) is 2.19. The number of hydrogen-bond donors (Lipinski definition) is 0. The zero-order valence-corrected chi connectivity index (χ0v) is 18.1. The van der Waals surface area contributed by atoms with E-state index in [0.717, 1.165) is 18.4 Å². The van der Waals surface area contributed by atoms with Crippen LogP contribution in [0.5, 0.6) is 0 Å². The van der Waals surface area contributed by atoms with Gasteiger partial charge in [0.25, 0.3) is 0 Å². The molecule has 0 bridgehead atoms. The van der Waals surface area contributed by atoms with E-state index in [1.807, 2.05) is 0 Å². The Morgan fingerprint density at radius 1 is 1.00 bits per heavy atom. The molecule has 0 fully saturated rings. The third-order valence-corrected chi connectivity index (χ3v) is 2.49. The largest absolute Gasteiger partial charge is 0.339 e. The Kier molecular flexibility index (Phi) is 30.6. The van der Waals surface area contributed by atoms with Crippen molar-refractivity contribution in [3.8, 4) is 0 Å². The Morgan fingerprint density at radius 2 is 1.37 bits per heavy atom. The molecule has 0 spiro atoms. The van der Waals surface area contributed by atoms with Crippen molar-refractivity contribution in [1.82, 2.24) is 0 Å². The molecule has 0 nitrogen and oxygen atoms in total. The van der Waals surface area contributed by atoms with Gasteiger partial charge in [-0.25, -0.2) is 19.1 Å². The Labute approximate surface area is 178 Å². The van der Waals surface area contributed by atoms with Gasteiger partial charge in [-0.3, -0.25) is 0 Å². The topological polar surface area (TPSA) is 0 Å². The third kappa shape index (κ3) is 13.2. The first-order valence-electron chi connectivity index (χ1n) is 5.05. The zero-order valence-electron chi connectivity index (χ0n) is 11.2. The van der Waals surface area contributed by atoms with E-state index in [2.05, 4.69) is 51.6 Å². The molecule has 5 heteroatoms. The van der Waals surface area contributed by atoms with Crippen molar-refractivity contribution in [2.24, 2.45) is 5.92 Å².